The Bertz CT molecular complexity index is 958. The standard InChI is InChI=1S/C22H25N5O2/c1-16-2-6-18(7-3-16)22-24-20(29-25-22)15-26-10-12-27(13-11-26)21(28)14-17-4-8-19(23)9-5-17/h2-9H,10-15,23H2,1H3. The summed E-state index contributed by atoms with van der Waals surface area (Å²) in [6.07, 6.45) is 0.407. The molecule has 2 aromatic carbocycles. The molecule has 7 heteroatoms. The number of hydrogen-bond donors (Lipinski definition) is 1. The van der Waals surface area contributed by atoms with E-state index in [1.165, 1.54) is 5.56 Å². The predicted molar refractivity (Wildman–Crippen MR) is 111 cm³/mol. The fraction of sp³-hybridized carbons (Fsp3) is 0.318. The zero-order valence-electron chi connectivity index (χ0n) is 16.5. The molecule has 4 rings (SSSR count). The van der Waals surface area contributed by atoms with Crippen LogP contribution in [0.2, 0.25) is 0 Å². The number of hydrogen-bond acceptors (Lipinski definition) is 6. The van der Waals surface area contributed by atoms with E-state index in [9.17, 15) is 4.79 Å². The van der Waals surface area contributed by atoms with E-state index in [0.29, 0.717) is 43.5 Å². The van der Waals surface area contributed by atoms with Gasteiger partial charge in [-0.3, -0.25) is 9.69 Å². The summed E-state index contributed by atoms with van der Waals surface area (Å²) < 4.78 is 5.42. The topological polar surface area (TPSA) is 88.5 Å². The third kappa shape index (κ3) is 4.81. The van der Waals surface area contributed by atoms with Crippen molar-refractivity contribution < 1.29 is 9.32 Å². The van der Waals surface area contributed by atoms with Crippen LogP contribution < -0.4 is 5.73 Å². The molecule has 0 bridgehead atoms. The Morgan fingerprint density at radius 2 is 1.72 bits per heavy atom. The van der Waals surface area contributed by atoms with E-state index in [-0.39, 0.29) is 5.91 Å². The highest BCUT2D eigenvalue weighted by molar-refractivity contribution is 5.79. The third-order valence-corrected chi connectivity index (χ3v) is 5.20. The molecule has 1 fully saturated rings. The molecule has 1 aromatic heterocycles. The van der Waals surface area contributed by atoms with Crippen LogP contribution in [0.25, 0.3) is 11.4 Å². The zero-order valence-corrected chi connectivity index (χ0v) is 16.5. The maximum atomic E-state index is 12.5. The molecule has 1 aliphatic heterocycles. The van der Waals surface area contributed by atoms with Crippen molar-refractivity contribution in [2.45, 2.75) is 19.9 Å². The van der Waals surface area contributed by atoms with Gasteiger partial charge in [0.25, 0.3) is 0 Å². The van der Waals surface area contributed by atoms with Crippen molar-refractivity contribution in [1.82, 2.24) is 19.9 Å². The first kappa shape index (κ1) is 19.1. The number of aromatic nitrogens is 2. The summed E-state index contributed by atoms with van der Waals surface area (Å²) in [7, 11) is 0. The second kappa shape index (κ2) is 8.45. The number of benzene rings is 2. The Labute approximate surface area is 170 Å². The van der Waals surface area contributed by atoms with Gasteiger partial charge in [0, 0.05) is 37.4 Å². The molecule has 29 heavy (non-hydrogen) atoms. The number of aryl methyl sites for hydroxylation is 1. The third-order valence-electron chi connectivity index (χ3n) is 5.20. The van der Waals surface area contributed by atoms with E-state index in [4.69, 9.17) is 10.3 Å². The van der Waals surface area contributed by atoms with Crippen LogP contribution in [0.1, 0.15) is 17.0 Å². The molecule has 150 valence electrons. The summed E-state index contributed by atoms with van der Waals surface area (Å²) in [4.78, 5) is 21.2. The number of amides is 1. The lowest BCUT2D eigenvalue weighted by Crippen LogP contribution is -2.48. The highest BCUT2D eigenvalue weighted by Gasteiger charge is 2.22. The molecule has 0 spiro atoms. The number of carbonyl (C=O) groups is 1. The Balaban J connectivity index is 1.28. The molecule has 1 amide bonds. The van der Waals surface area contributed by atoms with E-state index in [1.54, 1.807) is 0 Å². The molecule has 0 unspecified atom stereocenters. The first-order valence-corrected chi connectivity index (χ1v) is 9.81. The highest BCUT2D eigenvalue weighted by atomic mass is 16.5. The van der Waals surface area contributed by atoms with Gasteiger partial charge in [-0.05, 0) is 24.6 Å². The number of carbonyl (C=O) groups excluding carboxylic acids is 1. The summed E-state index contributed by atoms with van der Waals surface area (Å²) in [6.45, 7) is 5.62. The van der Waals surface area contributed by atoms with Crippen LogP contribution >= 0.6 is 0 Å². The van der Waals surface area contributed by atoms with Crippen LogP contribution in [-0.4, -0.2) is 52.0 Å². The second-order valence-corrected chi connectivity index (χ2v) is 7.45. The zero-order chi connectivity index (χ0) is 20.2. The summed E-state index contributed by atoms with van der Waals surface area (Å²) in [6, 6.07) is 15.5. The van der Waals surface area contributed by atoms with Gasteiger partial charge in [-0.2, -0.15) is 4.98 Å². The Morgan fingerprint density at radius 1 is 1.03 bits per heavy atom. The van der Waals surface area contributed by atoms with Gasteiger partial charge in [0.2, 0.25) is 17.6 Å². The largest absolute Gasteiger partial charge is 0.399 e. The Hall–Kier alpha value is -3.19. The lowest BCUT2D eigenvalue weighted by atomic mass is 10.1. The molecule has 1 saturated heterocycles. The number of nitrogens with zero attached hydrogens (tertiary/aromatic N) is 4. The average Bonchev–Trinajstić information content (AvgIpc) is 3.19. The molecule has 0 radical (unpaired) electrons. The molecule has 1 aliphatic rings. The fourth-order valence-corrected chi connectivity index (χ4v) is 3.41. The predicted octanol–water partition coefficient (Wildman–Crippen LogP) is 2.51. The van der Waals surface area contributed by atoms with E-state index < -0.39 is 0 Å². The van der Waals surface area contributed by atoms with Crippen LogP contribution in [0, 0.1) is 6.92 Å². The number of piperazine rings is 1. The maximum absolute atomic E-state index is 12.5. The van der Waals surface area contributed by atoms with Gasteiger partial charge < -0.3 is 15.2 Å². The number of nitrogens with two attached hydrogens (primary N) is 1. The van der Waals surface area contributed by atoms with Gasteiger partial charge in [-0.25, -0.2) is 0 Å². The molecule has 0 saturated carbocycles. The van der Waals surface area contributed by atoms with Crippen LogP contribution in [-0.2, 0) is 17.8 Å². The quantitative estimate of drug-likeness (QED) is 0.673. The molecule has 7 nitrogen and oxygen atoms in total. The Kier molecular flexibility index (Phi) is 5.57. The number of rotatable bonds is 5. The lowest BCUT2D eigenvalue weighted by molar-refractivity contribution is -0.132. The van der Waals surface area contributed by atoms with Crippen molar-refractivity contribution in [3.63, 3.8) is 0 Å². The van der Waals surface area contributed by atoms with Gasteiger partial charge in [0.05, 0.1) is 13.0 Å². The van der Waals surface area contributed by atoms with E-state index >= 15 is 0 Å². The highest BCUT2D eigenvalue weighted by Crippen LogP contribution is 2.17. The number of anilines is 1. The number of nitrogen functional groups attached to an aromatic ring is 1. The molecular formula is C22H25N5O2. The minimum absolute atomic E-state index is 0.147. The first-order valence-electron chi connectivity index (χ1n) is 9.81. The molecule has 0 atom stereocenters. The maximum Gasteiger partial charge on any atom is 0.241 e. The van der Waals surface area contributed by atoms with Crippen molar-refractivity contribution in [3.05, 3.63) is 65.5 Å². The van der Waals surface area contributed by atoms with Crippen LogP contribution in [0.4, 0.5) is 5.69 Å². The van der Waals surface area contributed by atoms with Crippen molar-refractivity contribution in [3.8, 4) is 11.4 Å². The van der Waals surface area contributed by atoms with Crippen LogP contribution in [0.3, 0.4) is 0 Å². The van der Waals surface area contributed by atoms with Crippen molar-refractivity contribution in [1.29, 1.82) is 0 Å². The van der Waals surface area contributed by atoms with E-state index in [1.807, 2.05) is 60.4 Å². The van der Waals surface area contributed by atoms with Gasteiger partial charge in [-0.1, -0.05) is 47.1 Å². The molecule has 0 aliphatic carbocycles. The molecular weight excluding hydrogens is 366 g/mol. The summed E-state index contributed by atoms with van der Waals surface area (Å²) >= 11 is 0. The van der Waals surface area contributed by atoms with E-state index in [2.05, 4.69) is 15.0 Å². The summed E-state index contributed by atoms with van der Waals surface area (Å²) in [5.41, 5.74) is 9.54. The van der Waals surface area contributed by atoms with E-state index in [0.717, 1.165) is 24.2 Å². The first-order chi connectivity index (χ1) is 14.1. The van der Waals surface area contributed by atoms with Crippen molar-refractivity contribution in [2.75, 3.05) is 31.9 Å². The minimum Gasteiger partial charge on any atom is -0.399 e. The average molecular weight is 391 g/mol. The summed E-state index contributed by atoms with van der Waals surface area (Å²) in [5, 5.41) is 4.09. The fourth-order valence-electron chi connectivity index (χ4n) is 3.41. The second-order valence-electron chi connectivity index (χ2n) is 7.45. The van der Waals surface area contributed by atoms with Gasteiger partial charge in [-0.15, -0.1) is 0 Å². The SMILES string of the molecule is Cc1ccc(-c2noc(CN3CCN(C(=O)Cc4ccc(N)cc4)CC3)n2)cc1. The summed E-state index contributed by atoms with van der Waals surface area (Å²) in [5.74, 6) is 1.36. The Morgan fingerprint density at radius 3 is 2.41 bits per heavy atom. The molecule has 2 N–H and O–H groups in total. The van der Waals surface area contributed by atoms with Gasteiger partial charge in [0.1, 0.15) is 0 Å². The normalized spacial score (nSPS) is 14.9. The molecule has 2 heterocycles. The van der Waals surface area contributed by atoms with Crippen LogP contribution in [0.5, 0.6) is 0 Å². The lowest BCUT2D eigenvalue weighted by Gasteiger charge is -2.34. The van der Waals surface area contributed by atoms with Gasteiger partial charge in [0.15, 0.2) is 0 Å². The monoisotopic (exact) mass is 391 g/mol. The van der Waals surface area contributed by atoms with Crippen LogP contribution in [0.15, 0.2) is 53.1 Å². The minimum atomic E-state index is 0.147. The molecule has 3 aromatic rings. The van der Waals surface area contributed by atoms with Gasteiger partial charge >= 0.3 is 0 Å². The van der Waals surface area contributed by atoms with Crippen molar-refractivity contribution in [2.24, 2.45) is 0 Å². The smallest absolute Gasteiger partial charge is 0.241 e. The van der Waals surface area contributed by atoms with Crippen molar-refractivity contribution >= 4 is 11.6 Å².